The molecule has 0 amide bonds. The van der Waals surface area contributed by atoms with Crippen LogP contribution < -0.4 is 0 Å². The normalized spacial score (nSPS) is 15.9. The van der Waals surface area contributed by atoms with Crippen LogP contribution in [0, 0.1) is 0 Å². The van der Waals surface area contributed by atoms with E-state index in [1.165, 1.54) is 5.56 Å². The zero-order valence-corrected chi connectivity index (χ0v) is 16.8. The monoisotopic (exact) mass is 364 g/mol. The highest BCUT2D eigenvalue weighted by molar-refractivity contribution is 6.26. The summed E-state index contributed by atoms with van der Waals surface area (Å²) in [7, 11) is 0. The van der Waals surface area contributed by atoms with Gasteiger partial charge in [-0.15, -0.1) is 0 Å². The van der Waals surface area contributed by atoms with Crippen LogP contribution in [-0.2, 0) is 17.6 Å². The van der Waals surface area contributed by atoms with Gasteiger partial charge in [-0.2, -0.15) is 0 Å². The number of Topliss-reactive ketones (excluding diaryl/α,β-unsaturated/α-hetero) is 2. The molecular formula is C24H28O3. The Labute approximate surface area is 161 Å². The van der Waals surface area contributed by atoms with E-state index in [0.29, 0.717) is 29.7 Å². The smallest absolute Gasteiger partial charge is 0.229 e. The number of allylic oxidation sites excluding steroid dienone is 5. The minimum absolute atomic E-state index is 0.0670. The fourth-order valence-electron chi connectivity index (χ4n) is 3.73. The van der Waals surface area contributed by atoms with Gasteiger partial charge in [0.15, 0.2) is 11.5 Å². The second-order valence-corrected chi connectivity index (χ2v) is 7.88. The maximum atomic E-state index is 13.4. The number of ether oxygens (including phenoxy) is 1. The first-order valence-electron chi connectivity index (χ1n) is 9.77. The summed E-state index contributed by atoms with van der Waals surface area (Å²) in [6.45, 7) is 8.26. The molecule has 27 heavy (non-hydrogen) atoms. The second-order valence-electron chi connectivity index (χ2n) is 7.88. The van der Waals surface area contributed by atoms with Crippen LogP contribution in [0.15, 0.2) is 46.8 Å². The van der Waals surface area contributed by atoms with Crippen LogP contribution in [0.5, 0.6) is 0 Å². The van der Waals surface area contributed by atoms with E-state index in [9.17, 15) is 9.59 Å². The van der Waals surface area contributed by atoms with Gasteiger partial charge in [0.05, 0.1) is 5.57 Å². The third kappa shape index (κ3) is 3.97. The van der Waals surface area contributed by atoms with Crippen molar-refractivity contribution in [2.75, 3.05) is 6.61 Å². The Bertz CT molecular complexity index is 873. The summed E-state index contributed by atoms with van der Waals surface area (Å²) in [5.74, 6) is 0.0480. The standard InChI is InChI=1S/C24H28O3/c1-15(2)9-11-20-22(25)19-12-10-17-7-5-6-8-18(17)21(19)23(26)24(20)27-14-13-16(3)4/h9-10,12-13H,5-8,11,14H2,1-4H3. The molecule has 3 heteroatoms. The maximum absolute atomic E-state index is 13.4. The summed E-state index contributed by atoms with van der Waals surface area (Å²) < 4.78 is 5.87. The van der Waals surface area contributed by atoms with E-state index in [1.807, 2.05) is 52.0 Å². The summed E-state index contributed by atoms with van der Waals surface area (Å²) in [5, 5.41) is 0. The largest absolute Gasteiger partial charge is 0.485 e. The third-order valence-electron chi connectivity index (χ3n) is 5.19. The lowest BCUT2D eigenvalue weighted by molar-refractivity contribution is 0.0886. The van der Waals surface area contributed by atoms with Crippen molar-refractivity contribution in [3.63, 3.8) is 0 Å². The maximum Gasteiger partial charge on any atom is 0.229 e. The minimum Gasteiger partial charge on any atom is -0.485 e. The molecule has 1 aromatic carbocycles. The number of aryl methyl sites for hydroxylation is 1. The Kier molecular flexibility index (Phi) is 5.79. The zero-order valence-electron chi connectivity index (χ0n) is 16.8. The molecule has 0 saturated carbocycles. The van der Waals surface area contributed by atoms with Crippen molar-refractivity contribution in [3.8, 4) is 0 Å². The van der Waals surface area contributed by atoms with Gasteiger partial charge in [-0.05, 0) is 77.0 Å². The van der Waals surface area contributed by atoms with Crippen molar-refractivity contribution in [1.82, 2.24) is 0 Å². The van der Waals surface area contributed by atoms with Crippen LogP contribution in [0.2, 0.25) is 0 Å². The van der Waals surface area contributed by atoms with Gasteiger partial charge in [0.2, 0.25) is 5.78 Å². The Morgan fingerprint density at radius 1 is 0.963 bits per heavy atom. The molecule has 2 aliphatic rings. The van der Waals surface area contributed by atoms with E-state index < -0.39 is 0 Å². The molecular weight excluding hydrogens is 336 g/mol. The fraction of sp³-hybridized carbons (Fsp3) is 0.417. The third-order valence-corrected chi connectivity index (χ3v) is 5.19. The molecule has 142 valence electrons. The zero-order chi connectivity index (χ0) is 19.6. The molecule has 0 N–H and O–H groups in total. The highest BCUT2D eigenvalue weighted by Gasteiger charge is 2.35. The number of hydrogen-bond donors (Lipinski definition) is 0. The molecule has 2 aliphatic carbocycles. The molecule has 0 atom stereocenters. The van der Waals surface area contributed by atoms with Crippen molar-refractivity contribution < 1.29 is 14.3 Å². The molecule has 0 saturated heterocycles. The van der Waals surface area contributed by atoms with Crippen LogP contribution in [0.25, 0.3) is 0 Å². The van der Waals surface area contributed by atoms with Crippen LogP contribution >= 0.6 is 0 Å². The van der Waals surface area contributed by atoms with Gasteiger partial charge in [-0.25, -0.2) is 0 Å². The highest BCUT2D eigenvalue weighted by atomic mass is 16.5. The van der Waals surface area contributed by atoms with Gasteiger partial charge < -0.3 is 4.74 Å². The summed E-state index contributed by atoms with van der Waals surface area (Å²) in [6.07, 6.45) is 8.38. The average Bonchev–Trinajstić information content (AvgIpc) is 2.63. The van der Waals surface area contributed by atoms with E-state index in [1.54, 1.807) is 0 Å². The van der Waals surface area contributed by atoms with Crippen molar-refractivity contribution in [2.45, 2.75) is 59.8 Å². The Hall–Kier alpha value is -2.42. The first-order valence-corrected chi connectivity index (χ1v) is 9.77. The molecule has 3 rings (SSSR count). The van der Waals surface area contributed by atoms with Gasteiger partial charge in [0.1, 0.15) is 6.61 Å². The van der Waals surface area contributed by atoms with Crippen LogP contribution in [0.4, 0.5) is 0 Å². The number of carbonyl (C=O) groups excluding carboxylic acids is 2. The van der Waals surface area contributed by atoms with Gasteiger partial charge in [0, 0.05) is 11.1 Å². The molecule has 0 spiro atoms. The van der Waals surface area contributed by atoms with Crippen LogP contribution in [0.3, 0.4) is 0 Å². The Balaban J connectivity index is 2.09. The average molecular weight is 364 g/mol. The lowest BCUT2D eigenvalue weighted by atomic mass is 9.78. The Morgan fingerprint density at radius 2 is 1.67 bits per heavy atom. The first kappa shape index (κ1) is 19.3. The van der Waals surface area contributed by atoms with Crippen molar-refractivity contribution in [2.24, 2.45) is 0 Å². The fourth-order valence-corrected chi connectivity index (χ4v) is 3.73. The van der Waals surface area contributed by atoms with E-state index >= 15 is 0 Å². The summed E-state index contributed by atoms with van der Waals surface area (Å²) >= 11 is 0. The van der Waals surface area contributed by atoms with Crippen molar-refractivity contribution in [1.29, 1.82) is 0 Å². The summed E-state index contributed by atoms with van der Waals surface area (Å²) in [4.78, 5) is 26.6. The number of hydrogen-bond acceptors (Lipinski definition) is 3. The lowest BCUT2D eigenvalue weighted by Crippen LogP contribution is -2.26. The molecule has 3 nitrogen and oxygen atoms in total. The minimum atomic E-state index is -0.123. The van der Waals surface area contributed by atoms with Gasteiger partial charge in [-0.1, -0.05) is 29.4 Å². The number of fused-ring (bicyclic) bond motifs is 3. The van der Waals surface area contributed by atoms with E-state index in [0.717, 1.165) is 42.4 Å². The molecule has 0 unspecified atom stereocenters. The predicted octanol–water partition coefficient (Wildman–Crippen LogP) is 5.54. The lowest BCUT2D eigenvalue weighted by Gasteiger charge is -2.26. The first-order chi connectivity index (χ1) is 12.9. The Morgan fingerprint density at radius 3 is 2.37 bits per heavy atom. The molecule has 0 aliphatic heterocycles. The highest BCUT2D eigenvalue weighted by Crippen LogP contribution is 2.35. The van der Waals surface area contributed by atoms with Gasteiger partial charge in [0.25, 0.3) is 0 Å². The summed E-state index contributed by atoms with van der Waals surface area (Å²) in [5.41, 5.74) is 6.11. The van der Waals surface area contributed by atoms with Crippen LogP contribution in [0.1, 0.15) is 78.8 Å². The number of ketones is 2. The van der Waals surface area contributed by atoms with Crippen LogP contribution in [-0.4, -0.2) is 18.2 Å². The molecule has 0 aromatic heterocycles. The predicted molar refractivity (Wildman–Crippen MR) is 108 cm³/mol. The molecule has 0 heterocycles. The van der Waals surface area contributed by atoms with Gasteiger partial charge >= 0.3 is 0 Å². The van der Waals surface area contributed by atoms with E-state index in [-0.39, 0.29) is 17.3 Å². The summed E-state index contributed by atoms with van der Waals surface area (Å²) in [6, 6.07) is 3.88. The van der Waals surface area contributed by atoms with E-state index in [4.69, 9.17) is 4.74 Å². The van der Waals surface area contributed by atoms with E-state index in [2.05, 4.69) is 0 Å². The van der Waals surface area contributed by atoms with Crippen molar-refractivity contribution in [3.05, 3.63) is 69.0 Å². The topological polar surface area (TPSA) is 43.4 Å². The molecule has 0 fully saturated rings. The molecule has 1 aromatic rings. The second kappa shape index (κ2) is 8.08. The number of rotatable bonds is 5. The van der Waals surface area contributed by atoms with Gasteiger partial charge in [-0.3, -0.25) is 9.59 Å². The molecule has 0 radical (unpaired) electrons. The van der Waals surface area contributed by atoms with Crippen molar-refractivity contribution >= 4 is 11.6 Å². The quantitative estimate of drug-likeness (QED) is 0.645. The molecule has 0 bridgehead atoms. The number of carbonyl (C=O) groups is 2. The SMILES string of the molecule is CC(C)=CCOC1=C(CC=C(C)C)C(=O)c2ccc3c(c2C1=O)CCCC3. The number of benzene rings is 1.